The third kappa shape index (κ3) is 4.20. The molecule has 1 fully saturated rings. The zero-order chi connectivity index (χ0) is 13.8. The second-order valence-electron chi connectivity index (χ2n) is 5.84. The molecule has 1 aromatic rings. The van der Waals surface area contributed by atoms with Crippen molar-refractivity contribution in [3.63, 3.8) is 0 Å². The number of aryl methyl sites for hydroxylation is 1. The first-order chi connectivity index (χ1) is 9.06. The second kappa shape index (κ2) is 6.74. The highest BCUT2D eigenvalue weighted by atomic mass is 35.5. The number of rotatable bonds is 4. The molecule has 0 saturated carbocycles. The van der Waals surface area contributed by atoms with E-state index >= 15 is 0 Å². The highest BCUT2D eigenvalue weighted by Gasteiger charge is 2.17. The molecule has 0 aliphatic carbocycles. The molecular formula is C16H24ClNO. The molecule has 1 aromatic carbocycles. The lowest BCUT2D eigenvalue weighted by Gasteiger charge is -2.30. The van der Waals surface area contributed by atoms with Gasteiger partial charge in [0.05, 0.1) is 6.10 Å². The van der Waals surface area contributed by atoms with Crippen molar-refractivity contribution in [2.45, 2.75) is 39.2 Å². The molecule has 1 aliphatic rings. The lowest BCUT2D eigenvalue weighted by Crippen LogP contribution is -2.34. The predicted octanol–water partition coefficient (Wildman–Crippen LogP) is 3.80. The van der Waals surface area contributed by atoms with E-state index < -0.39 is 0 Å². The molecule has 106 valence electrons. The molecule has 2 rings (SSSR count). The SMILES string of the molecule is Cc1cc(C(O)CCN2CCC(C)CC2)ccc1Cl. The summed E-state index contributed by atoms with van der Waals surface area (Å²) in [7, 11) is 0. The summed E-state index contributed by atoms with van der Waals surface area (Å²) in [4.78, 5) is 2.46. The Bertz CT molecular complexity index is 413. The first kappa shape index (κ1) is 14.8. The van der Waals surface area contributed by atoms with Gasteiger partial charge < -0.3 is 10.0 Å². The van der Waals surface area contributed by atoms with E-state index in [0.29, 0.717) is 0 Å². The van der Waals surface area contributed by atoms with E-state index in [4.69, 9.17) is 11.6 Å². The van der Waals surface area contributed by atoms with Crippen molar-refractivity contribution in [2.24, 2.45) is 5.92 Å². The van der Waals surface area contributed by atoms with Crippen molar-refractivity contribution in [1.29, 1.82) is 0 Å². The lowest BCUT2D eigenvalue weighted by molar-refractivity contribution is 0.125. The van der Waals surface area contributed by atoms with Crippen molar-refractivity contribution in [3.8, 4) is 0 Å². The van der Waals surface area contributed by atoms with E-state index in [0.717, 1.165) is 35.0 Å². The van der Waals surface area contributed by atoms with Gasteiger partial charge in [-0.2, -0.15) is 0 Å². The van der Waals surface area contributed by atoms with Crippen LogP contribution in [0.2, 0.25) is 5.02 Å². The van der Waals surface area contributed by atoms with Gasteiger partial charge in [-0.1, -0.05) is 30.7 Å². The Morgan fingerprint density at radius 2 is 2.05 bits per heavy atom. The molecule has 1 N–H and O–H groups in total. The van der Waals surface area contributed by atoms with Gasteiger partial charge in [-0.3, -0.25) is 0 Å². The lowest BCUT2D eigenvalue weighted by atomic mass is 9.98. The fourth-order valence-corrected chi connectivity index (χ4v) is 2.75. The first-order valence-corrected chi connectivity index (χ1v) is 7.60. The number of halogens is 1. The topological polar surface area (TPSA) is 23.5 Å². The normalized spacial score (nSPS) is 19.6. The van der Waals surface area contributed by atoms with Crippen molar-refractivity contribution < 1.29 is 5.11 Å². The van der Waals surface area contributed by atoms with Gasteiger partial charge in [0.15, 0.2) is 0 Å². The Hall–Kier alpha value is -0.570. The van der Waals surface area contributed by atoms with Gasteiger partial charge >= 0.3 is 0 Å². The number of benzene rings is 1. The van der Waals surface area contributed by atoms with E-state index in [-0.39, 0.29) is 6.10 Å². The van der Waals surface area contributed by atoms with Crippen molar-refractivity contribution in [1.82, 2.24) is 4.90 Å². The molecule has 1 unspecified atom stereocenters. The number of hydrogen-bond donors (Lipinski definition) is 1. The molecule has 2 nitrogen and oxygen atoms in total. The average Bonchev–Trinajstić information content (AvgIpc) is 2.41. The van der Waals surface area contributed by atoms with Crippen LogP contribution >= 0.6 is 11.6 Å². The molecule has 1 atom stereocenters. The molecule has 1 heterocycles. The van der Waals surface area contributed by atoms with Crippen LogP contribution in [-0.2, 0) is 0 Å². The summed E-state index contributed by atoms with van der Waals surface area (Å²) in [5, 5.41) is 11.0. The van der Waals surface area contributed by atoms with E-state index in [1.54, 1.807) is 0 Å². The van der Waals surface area contributed by atoms with Gasteiger partial charge in [-0.15, -0.1) is 0 Å². The van der Waals surface area contributed by atoms with Gasteiger partial charge in [0.25, 0.3) is 0 Å². The minimum Gasteiger partial charge on any atom is -0.388 e. The van der Waals surface area contributed by atoms with Crippen LogP contribution in [-0.4, -0.2) is 29.6 Å². The van der Waals surface area contributed by atoms with E-state index in [9.17, 15) is 5.11 Å². The van der Waals surface area contributed by atoms with Crippen LogP contribution in [0.4, 0.5) is 0 Å². The summed E-state index contributed by atoms with van der Waals surface area (Å²) in [6, 6.07) is 5.79. The fraction of sp³-hybridized carbons (Fsp3) is 0.625. The van der Waals surface area contributed by atoms with Crippen molar-refractivity contribution in [2.75, 3.05) is 19.6 Å². The molecule has 0 radical (unpaired) electrons. The number of likely N-dealkylation sites (tertiary alicyclic amines) is 1. The summed E-state index contributed by atoms with van der Waals surface area (Å²) in [5.74, 6) is 0.861. The van der Waals surface area contributed by atoms with Crippen LogP contribution in [0.3, 0.4) is 0 Å². The number of aliphatic hydroxyl groups is 1. The minimum atomic E-state index is -0.379. The first-order valence-electron chi connectivity index (χ1n) is 7.22. The molecule has 0 amide bonds. The van der Waals surface area contributed by atoms with Gasteiger partial charge in [-0.25, -0.2) is 0 Å². The zero-order valence-electron chi connectivity index (χ0n) is 11.9. The van der Waals surface area contributed by atoms with Crippen LogP contribution in [0.1, 0.15) is 43.4 Å². The maximum atomic E-state index is 10.2. The molecular weight excluding hydrogens is 258 g/mol. The predicted molar refractivity (Wildman–Crippen MR) is 80.6 cm³/mol. The van der Waals surface area contributed by atoms with Crippen molar-refractivity contribution >= 4 is 11.6 Å². The third-order valence-corrected chi connectivity index (χ3v) is 4.59. The summed E-state index contributed by atoms with van der Waals surface area (Å²) < 4.78 is 0. The Kier molecular flexibility index (Phi) is 5.26. The number of hydrogen-bond acceptors (Lipinski definition) is 2. The number of piperidine rings is 1. The molecule has 0 bridgehead atoms. The van der Waals surface area contributed by atoms with Crippen LogP contribution in [0.5, 0.6) is 0 Å². The summed E-state index contributed by atoms with van der Waals surface area (Å²) >= 11 is 6.01. The van der Waals surface area contributed by atoms with E-state index in [2.05, 4.69) is 11.8 Å². The van der Waals surface area contributed by atoms with Crippen LogP contribution in [0, 0.1) is 12.8 Å². The zero-order valence-corrected chi connectivity index (χ0v) is 12.7. The van der Waals surface area contributed by atoms with E-state index in [1.165, 1.54) is 25.9 Å². The Morgan fingerprint density at radius 3 is 2.68 bits per heavy atom. The maximum Gasteiger partial charge on any atom is 0.0802 e. The summed E-state index contributed by atoms with van der Waals surface area (Å²) in [5.41, 5.74) is 2.01. The molecule has 1 aliphatic heterocycles. The molecule has 0 spiro atoms. The minimum absolute atomic E-state index is 0.379. The van der Waals surface area contributed by atoms with Crippen LogP contribution < -0.4 is 0 Å². The highest BCUT2D eigenvalue weighted by molar-refractivity contribution is 6.31. The standard InChI is InChI=1S/C16H24ClNO/c1-12-5-8-18(9-6-12)10-7-16(19)14-3-4-15(17)13(2)11-14/h3-4,11-12,16,19H,5-10H2,1-2H3. The molecule has 3 heteroatoms. The summed E-state index contributed by atoms with van der Waals surface area (Å²) in [6.45, 7) is 7.63. The average molecular weight is 282 g/mol. The van der Waals surface area contributed by atoms with Gasteiger partial charge in [0, 0.05) is 11.6 Å². The highest BCUT2D eigenvalue weighted by Crippen LogP contribution is 2.24. The number of nitrogens with zero attached hydrogens (tertiary/aromatic N) is 1. The molecule has 19 heavy (non-hydrogen) atoms. The third-order valence-electron chi connectivity index (χ3n) is 4.16. The monoisotopic (exact) mass is 281 g/mol. The quantitative estimate of drug-likeness (QED) is 0.907. The Labute approximate surface area is 121 Å². The van der Waals surface area contributed by atoms with Gasteiger partial charge in [-0.05, 0) is 62.4 Å². The summed E-state index contributed by atoms with van der Waals surface area (Å²) in [6.07, 6.45) is 3.00. The molecule has 0 aromatic heterocycles. The second-order valence-corrected chi connectivity index (χ2v) is 6.24. The maximum absolute atomic E-state index is 10.2. The smallest absolute Gasteiger partial charge is 0.0802 e. The number of aliphatic hydroxyl groups excluding tert-OH is 1. The van der Waals surface area contributed by atoms with Crippen molar-refractivity contribution in [3.05, 3.63) is 34.3 Å². The van der Waals surface area contributed by atoms with E-state index in [1.807, 2.05) is 25.1 Å². The van der Waals surface area contributed by atoms with Crippen LogP contribution in [0.15, 0.2) is 18.2 Å². The fourth-order valence-electron chi connectivity index (χ4n) is 2.63. The van der Waals surface area contributed by atoms with Gasteiger partial charge in [0.2, 0.25) is 0 Å². The molecule has 1 saturated heterocycles. The Morgan fingerprint density at radius 1 is 1.37 bits per heavy atom. The Balaban J connectivity index is 1.83. The van der Waals surface area contributed by atoms with Crippen LogP contribution in [0.25, 0.3) is 0 Å². The van der Waals surface area contributed by atoms with Gasteiger partial charge in [0.1, 0.15) is 0 Å². The largest absolute Gasteiger partial charge is 0.388 e.